The summed E-state index contributed by atoms with van der Waals surface area (Å²) in [5.41, 5.74) is 1.24. The van der Waals surface area contributed by atoms with Gasteiger partial charge in [-0.05, 0) is 35.7 Å². The molecule has 1 aliphatic heterocycles. The van der Waals surface area contributed by atoms with Crippen molar-refractivity contribution in [2.75, 3.05) is 18.1 Å². The monoisotopic (exact) mass is 426 g/mol. The third kappa shape index (κ3) is 3.50. The number of amides is 2. The molecule has 2 heterocycles. The van der Waals surface area contributed by atoms with E-state index >= 15 is 0 Å². The molecule has 0 spiro atoms. The summed E-state index contributed by atoms with van der Waals surface area (Å²) in [4.78, 5) is 29.5. The number of aromatic amines is 1. The lowest BCUT2D eigenvalue weighted by molar-refractivity contribution is 0.209. The molecule has 0 bridgehead atoms. The highest BCUT2D eigenvalue weighted by molar-refractivity contribution is 7.98. The number of carbonyl (C=O) groups excluding carboxylic acids is 1. The highest BCUT2D eigenvalue weighted by atomic mass is 32.2. The van der Waals surface area contributed by atoms with Crippen LogP contribution < -0.4 is 10.9 Å². The number of carbonyl (C=O) groups is 1. The van der Waals surface area contributed by atoms with E-state index < -0.39 is 17.7 Å². The molecule has 0 aliphatic carbocycles. The highest BCUT2D eigenvalue weighted by Gasteiger charge is 2.30. The molecule has 1 unspecified atom stereocenters. The minimum Gasteiger partial charge on any atom is -0.324 e. The van der Waals surface area contributed by atoms with E-state index in [1.54, 1.807) is 30.9 Å². The molecule has 2 N–H and O–H groups in total. The van der Waals surface area contributed by atoms with Gasteiger partial charge in [0, 0.05) is 35.5 Å². The Hall–Kier alpha value is -3.38. The van der Waals surface area contributed by atoms with Crippen molar-refractivity contribution in [3.8, 4) is 6.07 Å². The summed E-state index contributed by atoms with van der Waals surface area (Å²) in [5.74, 6) is -0.00941. The molecule has 6 nitrogen and oxygen atoms in total. The lowest BCUT2D eigenvalue weighted by Crippen LogP contribution is -2.38. The molecule has 0 fully saturated rings. The molecule has 1 aliphatic rings. The Morgan fingerprint density at radius 3 is 2.83 bits per heavy atom. The largest absolute Gasteiger partial charge is 0.324 e. The number of aromatic nitrogens is 1. The van der Waals surface area contributed by atoms with Gasteiger partial charge in [0.05, 0.1) is 17.0 Å². The number of rotatable bonds is 2. The van der Waals surface area contributed by atoms with Gasteiger partial charge in [-0.15, -0.1) is 0 Å². The van der Waals surface area contributed by atoms with Gasteiger partial charge in [0.15, 0.2) is 0 Å². The maximum Gasteiger partial charge on any atom is 0.322 e. The van der Waals surface area contributed by atoms with E-state index in [1.807, 2.05) is 0 Å². The molecule has 0 saturated heterocycles. The van der Waals surface area contributed by atoms with Crippen LogP contribution >= 0.6 is 11.8 Å². The Morgan fingerprint density at radius 2 is 2.07 bits per heavy atom. The summed E-state index contributed by atoms with van der Waals surface area (Å²) >= 11 is 1.57. The topological polar surface area (TPSA) is 89.0 Å². The number of urea groups is 1. The van der Waals surface area contributed by atoms with E-state index in [4.69, 9.17) is 5.26 Å². The van der Waals surface area contributed by atoms with Crippen LogP contribution in [0.25, 0.3) is 10.8 Å². The van der Waals surface area contributed by atoms with Crippen molar-refractivity contribution in [2.45, 2.75) is 11.8 Å². The fourth-order valence-corrected chi connectivity index (χ4v) is 4.73. The van der Waals surface area contributed by atoms with Crippen LogP contribution in [-0.2, 0) is 5.75 Å². The zero-order chi connectivity index (χ0) is 21.4. The minimum absolute atomic E-state index is 0.167. The quantitative estimate of drug-likeness (QED) is 0.645. The molecular formula is C21H16F2N4O2S. The van der Waals surface area contributed by atoms with Gasteiger partial charge in [0.1, 0.15) is 17.7 Å². The first-order valence-corrected chi connectivity index (χ1v) is 10.2. The van der Waals surface area contributed by atoms with Gasteiger partial charge in [-0.3, -0.25) is 4.79 Å². The number of hydrogen-bond donors (Lipinski definition) is 2. The number of halogens is 2. The molecule has 2 amide bonds. The first kappa shape index (κ1) is 19.9. The molecule has 1 atom stereocenters. The summed E-state index contributed by atoms with van der Waals surface area (Å²) in [7, 11) is 1.62. The molecule has 2 aromatic carbocycles. The molecule has 0 radical (unpaired) electrons. The zero-order valence-corrected chi connectivity index (χ0v) is 16.6. The first-order valence-electron chi connectivity index (χ1n) is 9.04. The van der Waals surface area contributed by atoms with Crippen LogP contribution in [0.5, 0.6) is 0 Å². The Labute approximate surface area is 174 Å². The normalized spacial score (nSPS) is 15.3. The second-order valence-corrected chi connectivity index (χ2v) is 7.94. The number of nitriles is 1. The third-order valence-corrected chi connectivity index (χ3v) is 6.13. The number of benzene rings is 2. The van der Waals surface area contributed by atoms with Crippen molar-refractivity contribution in [3.05, 3.63) is 75.2 Å². The van der Waals surface area contributed by atoms with Crippen molar-refractivity contribution in [1.82, 2.24) is 9.88 Å². The summed E-state index contributed by atoms with van der Waals surface area (Å²) < 4.78 is 27.2. The van der Waals surface area contributed by atoms with Crippen LogP contribution in [-0.4, -0.2) is 28.7 Å². The third-order valence-electron chi connectivity index (χ3n) is 5.09. The maximum absolute atomic E-state index is 13.7. The van der Waals surface area contributed by atoms with Crippen molar-refractivity contribution in [1.29, 1.82) is 5.26 Å². The Morgan fingerprint density at radius 1 is 1.27 bits per heavy atom. The van der Waals surface area contributed by atoms with E-state index in [-0.39, 0.29) is 22.6 Å². The van der Waals surface area contributed by atoms with Crippen molar-refractivity contribution < 1.29 is 13.6 Å². The van der Waals surface area contributed by atoms with Gasteiger partial charge < -0.3 is 15.2 Å². The van der Waals surface area contributed by atoms with E-state index in [0.29, 0.717) is 28.3 Å². The number of thioether (sulfide) groups is 1. The maximum atomic E-state index is 13.7. The van der Waals surface area contributed by atoms with Gasteiger partial charge in [-0.25, -0.2) is 13.6 Å². The van der Waals surface area contributed by atoms with Gasteiger partial charge >= 0.3 is 6.03 Å². The SMILES string of the molecule is CN(C(=O)Nc1ccc(F)c(C#N)c1)C1CSCc2[nH]c(=O)c3cc(F)ccc3c21. The molecule has 1 aromatic heterocycles. The number of hydrogen-bond acceptors (Lipinski definition) is 4. The number of pyridine rings is 1. The number of nitrogens with one attached hydrogen (secondary N) is 2. The molecule has 30 heavy (non-hydrogen) atoms. The van der Waals surface area contributed by atoms with Crippen LogP contribution in [0.15, 0.2) is 41.2 Å². The summed E-state index contributed by atoms with van der Waals surface area (Å²) in [6.07, 6.45) is 0. The van der Waals surface area contributed by atoms with Crippen molar-refractivity contribution in [2.24, 2.45) is 0 Å². The van der Waals surface area contributed by atoms with Crippen molar-refractivity contribution >= 4 is 34.3 Å². The lowest BCUT2D eigenvalue weighted by atomic mass is 9.97. The predicted octanol–water partition coefficient (Wildman–Crippen LogP) is 4.13. The number of anilines is 1. The van der Waals surface area contributed by atoms with Gasteiger partial charge in [-0.1, -0.05) is 6.07 Å². The summed E-state index contributed by atoms with van der Waals surface area (Å²) in [6.45, 7) is 0. The molecule has 4 rings (SSSR count). The van der Waals surface area contributed by atoms with E-state index in [0.717, 1.165) is 11.6 Å². The number of fused-ring (bicyclic) bond motifs is 3. The van der Waals surface area contributed by atoms with Gasteiger partial charge in [0.25, 0.3) is 5.56 Å². The van der Waals surface area contributed by atoms with Crippen LogP contribution in [0.4, 0.5) is 19.3 Å². The average Bonchev–Trinajstić information content (AvgIpc) is 2.74. The Bertz CT molecular complexity index is 1270. The summed E-state index contributed by atoms with van der Waals surface area (Å²) in [5, 5.41) is 12.5. The minimum atomic E-state index is -0.663. The number of H-pyrrole nitrogens is 1. The van der Waals surface area contributed by atoms with E-state index in [1.165, 1.54) is 29.2 Å². The number of nitrogens with zero attached hydrogens (tertiary/aromatic N) is 2. The van der Waals surface area contributed by atoms with Crippen LogP contribution in [0.1, 0.15) is 22.9 Å². The van der Waals surface area contributed by atoms with E-state index in [9.17, 15) is 18.4 Å². The fourth-order valence-electron chi connectivity index (χ4n) is 3.57. The van der Waals surface area contributed by atoms with E-state index in [2.05, 4.69) is 10.3 Å². The second kappa shape index (κ2) is 7.80. The molecule has 3 aromatic rings. The smallest absolute Gasteiger partial charge is 0.322 e. The van der Waals surface area contributed by atoms with Gasteiger partial charge in [0.2, 0.25) is 0 Å². The Kier molecular flexibility index (Phi) is 5.18. The van der Waals surface area contributed by atoms with Crippen LogP contribution in [0, 0.1) is 23.0 Å². The lowest BCUT2D eigenvalue weighted by Gasteiger charge is -2.33. The average molecular weight is 426 g/mol. The highest BCUT2D eigenvalue weighted by Crippen LogP contribution is 2.37. The van der Waals surface area contributed by atoms with Crippen LogP contribution in [0.3, 0.4) is 0 Å². The van der Waals surface area contributed by atoms with Crippen LogP contribution in [0.2, 0.25) is 0 Å². The van der Waals surface area contributed by atoms with Gasteiger partial charge in [-0.2, -0.15) is 17.0 Å². The Balaban J connectivity index is 1.70. The second-order valence-electron chi connectivity index (χ2n) is 6.91. The van der Waals surface area contributed by atoms with Crippen molar-refractivity contribution in [3.63, 3.8) is 0 Å². The standard InChI is InChI=1S/C21H16F2N4O2S/c1-27(21(29)25-13-3-5-16(23)11(6-13)8-24)18-10-30-9-17-19(18)14-4-2-12(22)7-15(14)20(28)26-17/h2-7,18H,9-10H2,1H3,(H,25,29)(H,26,28). The first-order chi connectivity index (χ1) is 14.4. The molecule has 152 valence electrons. The predicted molar refractivity (Wildman–Crippen MR) is 111 cm³/mol. The molecular weight excluding hydrogens is 410 g/mol. The summed E-state index contributed by atoms with van der Waals surface area (Å²) in [6, 6.07) is 8.71. The zero-order valence-electron chi connectivity index (χ0n) is 15.8. The molecule has 0 saturated carbocycles. The fraction of sp³-hybridized carbons (Fsp3) is 0.190. The molecule has 9 heteroatoms.